The quantitative estimate of drug-likeness (QED) is 0.0490. The second kappa shape index (κ2) is 14.8. The van der Waals surface area contributed by atoms with E-state index in [-0.39, 0.29) is 25.7 Å². The third kappa shape index (κ3) is 15.8. The van der Waals surface area contributed by atoms with Gasteiger partial charge >= 0.3 is 0 Å². The molecule has 3 unspecified atom stereocenters. The fourth-order valence-electron chi connectivity index (χ4n) is 2.18. The smallest absolute Gasteiger partial charge is 0.266 e. The van der Waals surface area contributed by atoms with Crippen molar-refractivity contribution in [1.82, 2.24) is 11.0 Å². The maximum Gasteiger partial charge on any atom is 0.266 e. The van der Waals surface area contributed by atoms with Gasteiger partial charge in [-0.3, -0.25) is 19.2 Å². The molecule has 166 valence electrons. The summed E-state index contributed by atoms with van der Waals surface area (Å²) in [6.45, 7) is 4.81. The van der Waals surface area contributed by atoms with Crippen LogP contribution in [-0.4, -0.2) is 75.3 Å². The molecule has 28 heavy (non-hydrogen) atoms. The number of hydrogen-bond acceptors (Lipinski definition) is 10. The Balaban J connectivity index is 4.38. The van der Waals surface area contributed by atoms with Crippen LogP contribution in [0.25, 0.3) is 0 Å². The van der Waals surface area contributed by atoms with E-state index in [1.807, 2.05) is 13.8 Å². The minimum Gasteiger partial charge on any atom is -0.387 e. The first kappa shape index (κ1) is 26.8. The van der Waals surface area contributed by atoms with Crippen molar-refractivity contribution in [3.63, 3.8) is 0 Å². The molecule has 0 radical (unpaired) electrons. The van der Waals surface area contributed by atoms with Crippen LogP contribution in [0.4, 0.5) is 0 Å². The molecule has 12 nitrogen and oxygen atoms in total. The fraction of sp³-hybridized carbons (Fsp3) is 0.867. The number of aliphatic imine (C=N–C) groups is 1. The second-order valence-electron chi connectivity index (χ2n) is 6.80. The van der Waals surface area contributed by atoms with Crippen molar-refractivity contribution in [2.45, 2.75) is 44.8 Å². The Morgan fingerprint density at radius 3 is 2.43 bits per heavy atom. The van der Waals surface area contributed by atoms with E-state index in [1.54, 1.807) is 0 Å². The molecule has 0 heterocycles. The van der Waals surface area contributed by atoms with Gasteiger partial charge in [0.15, 0.2) is 0 Å². The number of rotatable bonds is 17. The third-order valence-electron chi connectivity index (χ3n) is 3.28. The number of hydrogen-bond donors (Lipinski definition) is 6. The molecule has 0 aliphatic rings. The number of nitrogens with zero attached hydrogens (tertiary/aromatic N) is 1. The van der Waals surface area contributed by atoms with Gasteiger partial charge in [-0.05, 0) is 12.3 Å². The summed E-state index contributed by atoms with van der Waals surface area (Å²) in [7, 11) is -4.16. The molecule has 0 spiro atoms. The van der Waals surface area contributed by atoms with Crippen LogP contribution in [0.1, 0.15) is 26.7 Å². The van der Waals surface area contributed by atoms with Gasteiger partial charge in [-0.2, -0.15) is 19.4 Å². The van der Waals surface area contributed by atoms with Crippen molar-refractivity contribution in [2.75, 3.05) is 32.1 Å². The van der Waals surface area contributed by atoms with E-state index in [2.05, 4.69) is 16.0 Å². The van der Waals surface area contributed by atoms with E-state index in [9.17, 15) is 13.2 Å². The van der Waals surface area contributed by atoms with Gasteiger partial charge < -0.3 is 22.0 Å². The molecule has 0 bridgehead atoms. The maximum atomic E-state index is 11.1. The molecular weight excluding hydrogens is 392 g/mol. The average Bonchev–Trinajstić information content (AvgIpc) is 2.56. The number of aldehydes is 1. The summed E-state index contributed by atoms with van der Waals surface area (Å²) in [5, 5.41) is 0. The first-order chi connectivity index (χ1) is 13.1. The van der Waals surface area contributed by atoms with E-state index in [1.165, 1.54) is 0 Å². The van der Waals surface area contributed by atoms with E-state index in [4.69, 9.17) is 31.4 Å². The predicted molar refractivity (Wildman–Crippen MR) is 106 cm³/mol. The number of carbonyl (C=O) groups is 1. The molecule has 0 amide bonds. The minimum absolute atomic E-state index is 0.118. The molecule has 0 aliphatic carbocycles. The molecule has 0 saturated carbocycles. The molecule has 3 atom stereocenters. The number of nitrogens with two attached hydrogens (primary N) is 3. The van der Waals surface area contributed by atoms with E-state index < -0.39 is 28.0 Å². The Kier molecular flexibility index (Phi) is 14.1. The fourth-order valence-corrected chi connectivity index (χ4v) is 2.82. The Bertz CT molecular complexity index is 559. The van der Waals surface area contributed by atoms with Gasteiger partial charge in [-0.25, -0.2) is 0 Å². The minimum atomic E-state index is -4.16. The number of nitrogens with one attached hydrogen (secondary N) is 2. The van der Waals surface area contributed by atoms with Crippen molar-refractivity contribution in [3.05, 3.63) is 0 Å². The van der Waals surface area contributed by atoms with Crippen LogP contribution < -0.4 is 28.2 Å². The van der Waals surface area contributed by atoms with Crippen molar-refractivity contribution in [1.29, 1.82) is 0 Å². The lowest BCUT2D eigenvalue weighted by Gasteiger charge is -2.22. The molecule has 0 aromatic carbocycles. The van der Waals surface area contributed by atoms with Crippen LogP contribution >= 0.6 is 0 Å². The van der Waals surface area contributed by atoms with Gasteiger partial charge in [0.1, 0.15) is 6.29 Å². The van der Waals surface area contributed by atoms with Gasteiger partial charge in [0.2, 0.25) is 0 Å². The first-order valence-corrected chi connectivity index (χ1v) is 10.6. The zero-order valence-electron chi connectivity index (χ0n) is 16.4. The number of carbonyl (C=O) groups excluding carboxylic acids is 1. The van der Waals surface area contributed by atoms with Crippen molar-refractivity contribution in [3.8, 4) is 0 Å². The molecule has 0 saturated heterocycles. The highest BCUT2D eigenvalue weighted by Gasteiger charge is 2.17. The van der Waals surface area contributed by atoms with Crippen molar-refractivity contribution < 1.29 is 27.4 Å². The second-order valence-corrected chi connectivity index (χ2v) is 8.30. The van der Waals surface area contributed by atoms with Gasteiger partial charge in [-0.15, -0.1) is 0 Å². The van der Waals surface area contributed by atoms with Crippen LogP contribution in [0.3, 0.4) is 0 Å². The Morgan fingerprint density at radius 1 is 1.25 bits per heavy atom. The van der Waals surface area contributed by atoms with E-state index in [0.29, 0.717) is 37.6 Å². The standard InChI is InChI=1S/C15H34N6O6S/c1-11(2)5-14(21-26-8-12(17)10-28(23,24)25)9-27-20-13(7-22)6-15(18)19-4-3-16/h7,11-14,20-21H,3-6,8-10,16-17H2,1-2H3,(H2,18,19)(H,23,24,25). The summed E-state index contributed by atoms with van der Waals surface area (Å²) < 4.78 is 30.3. The lowest BCUT2D eigenvalue weighted by atomic mass is 10.1. The Hall–Kier alpha value is -1.19. The van der Waals surface area contributed by atoms with Crippen LogP contribution in [0.2, 0.25) is 0 Å². The van der Waals surface area contributed by atoms with Gasteiger partial charge in [0.25, 0.3) is 10.1 Å². The average molecular weight is 427 g/mol. The van der Waals surface area contributed by atoms with Crippen LogP contribution in [0, 0.1) is 5.92 Å². The van der Waals surface area contributed by atoms with Gasteiger partial charge in [-0.1, -0.05) is 13.8 Å². The molecule has 0 aromatic rings. The monoisotopic (exact) mass is 426 g/mol. The van der Waals surface area contributed by atoms with Crippen LogP contribution in [-0.2, 0) is 24.6 Å². The maximum absolute atomic E-state index is 11.1. The molecule has 0 rings (SSSR count). The summed E-state index contributed by atoms with van der Waals surface area (Å²) in [6, 6.07) is -1.79. The number of hydroxylamine groups is 2. The highest BCUT2D eigenvalue weighted by Crippen LogP contribution is 2.05. The highest BCUT2D eigenvalue weighted by atomic mass is 32.2. The van der Waals surface area contributed by atoms with E-state index >= 15 is 0 Å². The summed E-state index contributed by atoms with van der Waals surface area (Å²) in [6.07, 6.45) is 1.54. The lowest BCUT2D eigenvalue weighted by molar-refractivity contribution is -0.114. The number of amidine groups is 1. The Labute approximate surface area is 166 Å². The summed E-state index contributed by atoms with van der Waals surface area (Å²) in [4.78, 5) is 25.7. The molecule has 0 aromatic heterocycles. The molecule has 13 heteroatoms. The van der Waals surface area contributed by atoms with Crippen molar-refractivity contribution in [2.24, 2.45) is 28.1 Å². The predicted octanol–water partition coefficient (Wildman–Crippen LogP) is -2.07. The molecule has 0 aliphatic heterocycles. The van der Waals surface area contributed by atoms with Crippen LogP contribution in [0.15, 0.2) is 4.99 Å². The topological polar surface area (TPSA) is 204 Å². The Morgan fingerprint density at radius 2 is 1.89 bits per heavy atom. The largest absolute Gasteiger partial charge is 0.387 e. The van der Waals surface area contributed by atoms with Gasteiger partial charge in [0, 0.05) is 19.0 Å². The van der Waals surface area contributed by atoms with Crippen LogP contribution in [0.5, 0.6) is 0 Å². The molecule has 0 fully saturated rings. The van der Waals surface area contributed by atoms with Gasteiger partial charge in [0.05, 0.1) is 43.4 Å². The first-order valence-electron chi connectivity index (χ1n) is 8.96. The lowest BCUT2D eigenvalue weighted by Crippen LogP contribution is -2.43. The SMILES string of the molecule is CC(C)CC(CONC(C=O)CC(N)=NCCN)NOCC(N)CS(=O)(=O)O. The zero-order valence-corrected chi connectivity index (χ0v) is 17.2. The molecule has 9 N–H and O–H groups in total. The normalized spacial score (nSPS) is 16.1. The highest BCUT2D eigenvalue weighted by molar-refractivity contribution is 7.85. The van der Waals surface area contributed by atoms with Crippen molar-refractivity contribution >= 4 is 22.2 Å². The summed E-state index contributed by atoms with van der Waals surface area (Å²) in [5.74, 6) is 0.0131. The van der Waals surface area contributed by atoms with E-state index in [0.717, 1.165) is 0 Å². The third-order valence-corrected chi connectivity index (χ3v) is 4.13. The molecular formula is C15H34N6O6S. The summed E-state index contributed by atoms with van der Waals surface area (Å²) >= 11 is 0. The zero-order chi connectivity index (χ0) is 21.6. The summed E-state index contributed by atoms with van der Waals surface area (Å²) in [5.41, 5.74) is 22.0.